The van der Waals surface area contributed by atoms with Gasteiger partial charge in [-0.15, -0.1) is 0 Å². The van der Waals surface area contributed by atoms with E-state index in [0.717, 1.165) is 22.4 Å². The van der Waals surface area contributed by atoms with Gasteiger partial charge in [-0.25, -0.2) is 13.6 Å². The lowest BCUT2D eigenvalue weighted by Gasteiger charge is -2.06. The normalized spacial score (nSPS) is 11.8. The van der Waals surface area contributed by atoms with Gasteiger partial charge >= 0.3 is 0 Å². The Morgan fingerprint density at radius 3 is 2.28 bits per heavy atom. The van der Waals surface area contributed by atoms with Gasteiger partial charge in [-0.05, 0) is 74.0 Å². The highest BCUT2D eigenvalue weighted by Gasteiger charge is 2.00. The van der Waals surface area contributed by atoms with Crippen LogP contribution in [-0.4, -0.2) is 24.2 Å². The van der Waals surface area contributed by atoms with Crippen molar-refractivity contribution in [3.63, 3.8) is 0 Å². The quantitative estimate of drug-likeness (QED) is 0.434. The molecule has 3 rings (SSSR count). The maximum absolute atomic E-state index is 10.4. The first-order valence-corrected chi connectivity index (χ1v) is 11.1. The zero-order valence-corrected chi connectivity index (χ0v) is 18.5. The van der Waals surface area contributed by atoms with Crippen molar-refractivity contribution in [3.8, 4) is 17.6 Å². The van der Waals surface area contributed by atoms with E-state index < -0.39 is 10.1 Å². The van der Waals surface area contributed by atoms with Gasteiger partial charge in [-0.1, -0.05) is 35.9 Å². The van der Waals surface area contributed by atoms with Crippen LogP contribution in [0.3, 0.4) is 0 Å². The highest BCUT2D eigenvalue weighted by molar-refractivity contribution is 7.85. The zero-order valence-electron chi connectivity index (χ0n) is 17.7. The molecule has 0 bridgehead atoms. The summed E-state index contributed by atoms with van der Waals surface area (Å²) in [5.74, 6) is 1.41. The Morgan fingerprint density at radius 2 is 1.72 bits per heavy atom. The number of quaternary nitrogens is 1. The summed E-state index contributed by atoms with van der Waals surface area (Å²) in [7, 11) is -4.27. The number of benzene rings is 3. The lowest BCUT2D eigenvalue weighted by Crippen LogP contribution is -2.85. The van der Waals surface area contributed by atoms with Crippen LogP contribution in [0.1, 0.15) is 23.6 Å². The first kappa shape index (κ1) is 24.8. The van der Waals surface area contributed by atoms with Gasteiger partial charge in [-0.2, -0.15) is 10.7 Å². The Labute approximate surface area is 187 Å². The van der Waals surface area contributed by atoms with E-state index in [2.05, 4.69) is 6.07 Å². The molecule has 0 spiro atoms. The monoisotopic (exact) mass is 452 g/mol. The van der Waals surface area contributed by atoms with E-state index in [0.29, 0.717) is 11.3 Å². The maximum atomic E-state index is 10.4. The van der Waals surface area contributed by atoms with Gasteiger partial charge in [0.15, 0.2) is 0 Å². The molecule has 3 aromatic carbocycles. The van der Waals surface area contributed by atoms with Crippen molar-refractivity contribution in [2.45, 2.75) is 24.8 Å². The van der Waals surface area contributed by atoms with Crippen molar-refractivity contribution < 1.29 is 28.4 Å². The topological polar surface area (TPSA) is 127 Å². The number of nitrogens with zero attached hydrogens (tertiary/aromatic N) is 1. The molecule has 0 fully saturated rings. The summed E-state index contributed by atoms with van der Waals surface area (Å²) in [5, 5.41) is 17.6. The number of nitriles is 1. The smallest absolute Gasteiger partial charge is 0.131 e. The Kier molecular flexibility index (Phi) is 9.13. The second-order valence-electron chi connectivity index (χ2n) is 6.95. The highest BCUT2D eigenvalue weighted by Crippen LogP contribution is 2.23. The summed E-state index contributed by atoms with van der Waals surface area (Å²) in [6.07, 6.45) is 3.84. The molecule has 3 N–H and O–H groups in total. The summed E-state index contributed by atoms with van der Waals surface area (Å²) < 4.78 is 36.9. The maximum Gasteiger partial charge on any atom is 0.131 e. The van der Waals surface area contributed by atoms with Crippen LogP contribution in [0.4, 0.5) is 0 Å². The second kappa shape index (κ2) is 11.8. The molecule has 0 saturated carbocycles. The van der Waals surface area contributed by atoms with Gasteiger partial charge in [0.25, 0.3) is 0 Å². The summed E-state index contributed by atoms with van der Waals surface area (Å²) >= 11 is 0. The molecule has 0 amide bonds. The van der Waals surface area contributed by atoms with Crippen molar-refractivity contribution in [1.29, 1.82) is 5.26 Å². The molecule has 0 unspecified atom stereocenters. The minimum atomic E-state index is -4.27. The molecular weight excluding hydrogens is 428 g/mol. The number of ether oxygens (including phenoxy) is 1. The van der Waals surface area contributed by atoms with Gasteiger partial charge in [0.05, 0.1) is 16.5 Å². The number of hydroxylamine groups is 1. The van der Waals surface area contributed by atoms with Crippen molar-refractivity contribution in [2.75, 3.05) is 0 Å². The Balaban J connectivity index is 0.000000278. The lowest BCUT2D eigenvalue weighted by molar-refractivity contribution is -0.901. The fourth-order valence-corrected chi connectivity index (χ4v) is 2.90. The molecule has 0 heterocycles. The van der Waals surface area contributed by atoms with E-state index in [4.69, 9.17) is 15.2 Å². The minimum Gasteiger partial charge on any atom is -0.744 e. The predicted octanol–water partition coefficient (Wildman–Crippen LogP) is 3.60. The van der Waals surface area contributed by atoms with Crippen LogP contribution in [-0.2, 0) is 10.1 Å². The Hall–Kier alpha value is -3.48. The van der Waals surface area contributed by atoms with Gasteiger partial charge in [0.1, 0.15) is 27.7 Å². The summed E-state index contributed by atoms with van der Waals surface area (Å²) in [5.41, 5.74) is 3.67. The Bertz CT molecular complexity index is 1180. The van der Waals surface area contributed by atoms with Crippen LogP contribution in [0.2, 0.25) is 0 Å². The molecule has 0 radical (unpaired) electrons. The molecule has 0 aromatic heterocycles. The molecule has 3 aromatic rings. The molecule has 166 valence electrons. The zero-order chi connectivity index (χ0) is 23.6. The third-order valence-electron chi connectivity index (χ3n) is 4.21. The molecule has 0 aliphatic carbocycles. The molecule has 1 atom stereocenters. The first-order valence-electron chi connectivity index (χ1n) is 9.67. The molecule has 7 nitrogen and oxygen atoms in total. The third kappa shape index (κ3) is 8.34. The van der Waals surface area contributed by atoms with E-state index in [1.165, 1.54) is 12.1 Å². The van der Waals surface area contributed by atoms with Gasteiger partial charge in [-0.3, -0.25) is 0 Å². The largest absolute Gasteiger partial charge is 0.744 e. The average molecular weight is 453 g/mol. The fraction of sp³-hybridized carbons (Fsp3) is 0.125. The summed E-state index contributed by atoms with van der Waals surface area (Å²) in [4.78, 5) is -0.178. The Morgan fingerprint density at radius 1 is 1.06 bits per heavy atom. The number of nitrogens with two attached hydrogens (primary N) is 1. The van der Waals surface area contributed by atoms with E-state index in [-0.39, 0.29) is 10.9 Å². The standard InChI is InChI=1S/C17H16N2O2.C7H8O3S/c1-13(19-20)5-6-14-3-2-4-17(11-14)21-16-9-7-15(12-18)8-10-16;1-6-2-4-7(5-3-6)11(8,9)10/h2-11,13,19-20H,1H3;2-5H,1H3,(H,8,9,10)/b6-5+;/t13-;/m1./s1. The van der Waals surface area contributed by atoms with Crippen molar-refractivity contribution in [1.82, 2.24) is 0 Å². The van der Waals surface area contributed by atoms with Gasteiger partial charge in [0, 0.05) is 0 Å². The van der Waals surface area contributed by atoms with E-state index in [9.17, 15) is 13.0 Å². The summed E-state index contributed by atoms with van der Waals surface area (Å²) in [6.45, 7) is 3.72. The SMILES string of the molecule is C[C@H](/C=C/c1cccc(Oc2ccc(C#N)cc2)c1)[NH2+]O.Cc1ccc(S(=O)(=O)[O-])cc1. The van der Waals surface area contributed by atoms with Crippen LogP contribution in [0.25, 0.3) is 6.08 Å². The summed E-state index contributed by atoms with van der Waals surface area (Å²) in [6, 6.07) is 22.5. The second-order valence-corrected chi connectivity index (χ2v) is 8.32. The van der Waals surface area contributed by atoms with Gasteiger partial charge in [0.2, 0.25) is 0 Å². The van der Waals surface area contributed by atoms with Crippen LogP contribution >= 0.6 is 0 Å². The highest BCUT2D eigenvalue weighted by atomic mass is 32.2. The average Bonchev–Trinajstić information content (AvgIpc) is 2.78. The number of rotatable bonds is 6. The number of hydrogen-bond acceptors (Lipinski definition) is 6. The molecule has 32 heavy (non-hydrogen) atoms. The number of aryl methyl sites for hydroxylation is 1. The molecular formula is C24H24N2O5S. The molecule has 0 aliphatic rings. The lowest BCUT2D eigenvalue weighted by atomic mass is 10.1. The predicted molar refractivity (Wildman–Crippen MR) is 119 cm³/mol. The van der Waals surface area contributed by atoms with E-state index in [1.807, 2.05) is 50.3 Å². The minimum absolute atomic E-state index is 0.00750. The molecule has 8 heteroatoms. The van der Waals surface area contributed by atoms with Crippen LogP contribution in [0.5, 0.6) is 11.5 Å². The van der Waals surface area contributed by atoms with E-state index >= 15 is 0 Å². The molecule has 0 saturated heterocycles. The van der Waals surface area contributed by atoms with Crippen molar-refractivity contribution >= 4 is 16.2 Å². The third-order valence-corrected chi connectivity index (χ3v) is 5.06. The van der Waals surface area contributed by atoms with Crippen LogP contribution in [0.15, 0.2) is 83.8 Å². The van der Waals surface area contributed by atoms with Crippen LogP contribution in [0, 0.1) is 18.3 Å². The van der Waals surface area contributed by atoms with Crippen LogP contribution < -0.4 is 10.2 Å². The van der Waals surface area contributed by atoms with Crippen molar-refractivity contribution in [2.24, 2.45) is 0 Å². The number of hydrogen-bond donors (Lipinski definition) is 2. The first-order chi connectivity index (χ1) is 15.2. The molecule has 0 aliphatic heterocycles. The fourth-order valence-electron chi connectivity index (χ4n) is 2.43. The van der Waals surface area contributed by atoms with E-state index in [1.54, 1.807) is 36.4 Å². The van der Waals surface area contributed by atoms with Crippen molar-refractivity contribution in [3.05, 3.63) is 95.6 Å². The van der Waals surface area contributed by atoms with Gasteiger partial charge < -0.3 is 9.29 Å².